The fourth-order valence-corrected chi connectivity index (χ4v) is 1.65. The molecule has 0 aliphatic rings. The zero-order chi connectivity index (χ0) is 12.3. The number of carbonyl (C=O) groups is 1. The quantitative estimate of drug-likeness (QED) is 0.787. The summed E-state index contributed by atoms with van der Waals surface area (Å²) >= 11 is 0. The molecular formula is C13H12N2O2. The summed E-state index contributed by atoms with van der Waals surface area (Å²) in [4.78, 5) is 15.1. The van der Waals surface area contributed by atoms with Crippen LogP contribution in [0.15, 0.2) is 42.6 Å². The maximum Gasteiger partial charge on any atom is 0.337 e. The van der Waals surface area contributed by atoms with E-state index in [0.717, 1.165) is 11.3 Å². The minimum atomic E-state index is -1.01. The third-order valence-electron chi connectivity index (χ3n) is 2.52. The highest BCUT2D eigenvalue weighted by Crippen LogP contribution is 2.20. The minimum Gasteiger partial charge on any atom is -0.478 e. The number of pyridine rings is 1. The van der Waals surface area contributed by atoms with Gasteiger partial charge in [0.05, 0.1) is 5.56 Å². The Bertz CT molecular complexity index is 538. The Morgan fingerprint density at radius 1 is 1.24 bits per heavy atom. The number of hydrogen-bond acceptors (Lipinski definition) is 3. The lowest BCUT2D eigenvalue weighted by atomic mass is 10.0. The van der Waals surface area contributed by atoms with Gasteiger partial charge in [-0.15, -0.1) is 0 Å². The third-order valence-corrected chi connectivity index (χ3v) is 2.52. The van der Waals surface area contributed by atoms with Gasteiger partial charge in [-0.2, -0.15) is 0 Å². The van der Waals surface area contributed by atoms with Gasteiger partial charge >= 0.3 is 5.97 Å². The predicted molar refractivity (Wildman–Crippen MR) is 64.9 cm³/mol. The van der Waals surface area contributed by atoms with Crippen molar-refractivity contribution in [1.82, 2.24) is 4.98 Å². The third kappa shape index (κ3) is 2.42. The van der Waals surface area contributed by atoms with Gasteiger partial charge in [-0.1, -0.05) is 18.2 Å². The molecule has 0 atom stereocenters. The van der Waals surface area contributed by atoms with Crippen molar-refractivity contribution in [3.63, 3.8) is 0 Å². The molecule has 0 bridgehead atoms. The number of aromatic carboxylic acids is 1. The van der Waals surface area contributed by atoms with Crippen LogP contribution in [0, 0.1) is 0 Å². The zero-order valence-corrected chi connectivity index (χ0v) is 9.13. The highest BCUT2D eigenvalue weighted by Gasteiger charge is 2.11. The van der Waals surface area contributed by atoms with Crippen molar-refractivity contribution in [2.75, 3.05) is 5.73 Å². The molecule has 2 aromatic rings. The van der Waals surface area contributed by atoms with Crippen molar-refractivity contribution in [3.8, 4) is 0 Å². The Kier molecular flexibility index (Phi) is 3.05. The zero-order valence-electron chi connectivity index (χ0n) is 9.13. The Morgan fingerprint density at radius 3 is 2.71 bits per heavy atom. The summed E-state index contributed by atoms with van der Waals surface area (Å²) in [7, 11) is 0. The van der Waals surface area contributed by atoms with Gasteiger partial charge in [-0.05, 0) is 23.8 Å². The molecule has 0 saturated carbocycles. The first kappa shape index (κ1) is 11.1. The van der Waals surface area contributed by atoms with E-state index in [0.29, 0.717) is 12.1 Å². The number of carboxylic acid groups (broad SMARTS) is 1. The summed E-state index contributed by atoms with van der Waals surface area (Å²) in [5, 5.41) is 8.96. The van der Waals surface area contributed by atoms with Crippen LogP contribution in [-0.2, 0) is 6.42 Å². The molecule has 2 rings (SSSR count). The first-order chi connectivity index (χ1) is 8.18. The average molecular weight is 228 g/mol. The van der Waals surface area contributed by atoms with Crippen LogP contribution >= 0.6 is 0 Å². The van der Waals surface area contributed by atoms with Gasteiger partial charge in [-0.25, -0.2) is 4.79 Å². The summed E-state index contributed by atoms with van der Waals surface area (Å²) in [5.41, 5.74) is 7.92. The van der Waals surface area contributed by atoms with Crippen molar-refractivity contribution >= 4 is 11.7 Å². The number of nitrogens with two attached hydrogens (primary N) is 1. The number of benzene rings is 1. The Morgan fingerprint density at radius 2 is 2.06 bits per heavy atom. The lowest BCUT2D eigenvalue weighted by molar-refractivity contribution is 0.0698. The topological polar surface area (TPSA) is 76.2 Å². The van der Waals surface area contributed by atoms with E-state index < -0.39 is 5.97 Å². The molecular weight excluding hydrogens is 216 g/mol. The molecule has 1 aromatic carbocycles. The van der Waals surface area contributed by atoms with Gasteiger partial charge in [-0.3, -0.25) is 4.98 Å². The summed E-state index contributed by atoms with van der Waals surface area (Å²) < 4.78 is 0. The van der Waals surface area contributed by atoms with Crippen LogP contribution in [0.25, 0.3) is 0 Å². The van der Waals surface area contributed by atoms with Gasteiger partial charge in [0.2, 0.25) is 0 Å². The molecule has 0 radical (unpaired) electrons. The maximum atomic E-state index is 10.9. The number of carboxylic acids is 1. The van der Waals surface area contributed by atoms with Crippen molar-refractivity contribution in [3.05, 3.63) is 59.4 Å². The number of aromatic nitrogens is 1. The van der Waals surface area contributed by atoms with Crippen LogP contribution < -0.4 is 5.73 Å². The monoisotopic (exact) mass is 228 g/mol. The number of para-hydroxylation sites is 1. The molecule has 0 aliphatic carbocycles. The minimum absolute atomic E-state index is 0.137. The molecule has 0 saturated heterocycles. The van der Waals surface area contributed by atoms with Crippen LogP contribution in [0.5, 0.6) is 0 Å². The van der Waals surface area contributed by atoms with Gasteiger partial charge < -0.3 is 10.8 Å². The molecule has 0 fully saturated rings. The van der Waals surface area contributed by atoms with Crippen molar-refractivity contribution < 1.29 is 9.90 Å². The predicted octanol–water partition coefficient (Wildman–Crippen LogP) is 1.95. The molecule has 3 N–H and O–H groups in total. The standard InChI is InChI=1S/C13H12N2O2/c14-12-9(4-3-6-11(12)13(16)17)8-10-5-1-2-7-15-10/h1-7H,8,14H2,(H,16,17). The Labute approximate surface area is 98.7 Å². The molecule has 17 heavy (non-hydrogen) atoms. The normalized spacial score (nSPS) is 10.1. The van der Waals surface area contributed by atoms with Gasteiger partial charge in [0.1, 0.15) is 0 Å². The molecule has 86 valence electrons. The lowest BCUT2D eigenvalue weighted by Gasteiger charge is -2.07. The second-order valence-corrected chi connectivity index (χ2v) is 3.68. The number of nitrogens with zero attached hydrogens (tertiary/aromatic N) is 1. The lowest BCUT2D eigenvalue weighted by Crippen LogP contribution is -2.06. The molecule has 1 aromatic heterocycles. The van der Waals surface area contributed by atoms with Gasteiger partial charge in [0.25, 0.3) is 0 Å². The van der Waals surface area contributed by atoms with Crippen LogP contribution in [0.4, 0.5) is 5.69 Å². The van der Waals surface area contributed by atoms with E-state index >= 15 is 0 Å². The molecule has 0 aliphatic heterocycles. The SMILES string of the molecule is Nc1c(Cc2ccccn2)cccc1C(=O)O. The first-order valence-electron chi connectivity index (χ1n) is 5.19. The van der Waals surface area contributed by atoms with Crippen LogP contribution in [0.3, 0.4) is 0 Å². The van der Waals surface area contributed by atoms with Gasteiger partial charge in [0.15, 0.2) is 0 Å². The van der Waals surface area contributed by atoms with Crippen molar-refractivity contribution in [1.29, 1.82) is 0 Å². The first-order valence-corrected chi connectivity index (χ1v) is 5.19. The molecule has 0 spiro atoms. The van der Waals surface area contributed by atoms with Crippen LogP contribution in [0.2, 0.25) is 0 Å². The molecule has 4 nitrogen and oxygen atoms in total. The second-order valence-electron chi connectivity index (χ2n) is 3.68. The number of anilines is 1. The largest absolute Gasteiger partial charge is 0.478 e. The maximum absolute atomic E-state index is 10.9. The number of hydrogen-bond donors (Lipinski definition) is 2. The van der Waals surface area contributed by atoms with Crippen LogP contribution in [-0.4, -0.2) is 16.1 Å². The summed E-state index contributed by atoms with van der Waals surface area (Å²) in [5.74, 6) is -1.01. The van der Waals surface area contributed by atoms with E-state index in [9.17, 15) is 4.79 Å². The highest BCUT2D eigenvalue weighted by molar-refractivity contribution is 5.94. The molecule has 4 heteroatoms. The van der Waals surface area contributed by atoms with E-state index in [1.165, 1.54) is 6.07 Å². The second kappa shape index (κ2) is 4.65. The summed E-state index contributed by atoms with van der Waals surface area (Å²) in [6.07, 6.45) is 2.24. The van der Waals surface area contributed by atoms with E-state index in [1.54, 1.807) is 12.3 Å². The molecule has 0 unspecified atom stereocenters. The smallest absolute Gasteiger partial charge is 0.337 e. The van der Waals surface area contributed by atoms with Crippen molar-refractivity contribution in [2.45, 2.75) is 6.42 Å². The highest BCUT2D eigenvalue weighted by atomic mass is 16.4. The van der Waals surface area contributed by atoms with E-state index in [2.05, 4.69) is 4.98 Å². The van der Waals surface area contributed by atoms with E-state index in [1.807, 2.05) is 24.3 Å². The number of nitrogen functional groups attached to an aromatic ring is 1. The van der Waals surface area contributed by atoms with Gasteiger partial charge in [0, 0.05) is 24.0 Å². The van der Waals surface area contributed by atoms with Crippen LogP contribution in [0.1, 0.15) is 21.6 Å². The van der Waals surface area contributed by atoms with Crippen molar-refractivity contribution in [2.24, 2.45) is 0 Å². The Hall–Kier alpha value is -2.36. The fraction of sp³-hybridized carbons (Fsp3) is 0.0769. The summed E-state index contributed by atoms with van der Waals surface area (Å²) in [6, 6.07) is 10.6. The molecule has 0 amide bonds. The molecule has 1 heterocycles. The van der Waals surface area contributed by atoms with E-state index in [4.69, 9.17) is 10.8 Å². The number of rotatable bonds is 3. The summed E-state index contributed by atoms with van der Waals surface area (Å²) in [6.45, 7) is 0. The average Bonchev–Trinajstić information content (AvgIpc) is 2.33. The Balaban J connectivity index is 2.34. The fourth-order valence-electron chi connectivity index (χ4n) is 1.65. The van der Waals surface area contributed by atoms with E-state index in [-0.39, 0.29) is 5.56 Å².